The fourth-order valence-electron chi connectivity index (χ4n) is 4.89. The van der Waals surface area contributed by atoms with Crippen LogP contribution in [0.1, 0.15) is 58.6 Å². The number of H-pyrrole nitrogens is 1. The molecule has 0 bridgehead atoms. The van der Waals surface area contributed by atoms with Crippen molar-refractivity contribution in [3.63, 3.8) is 0 Å². The number of Topliss-reactive ketones (excluding diaryl/α,β-unsaturated/α-hetero) is 1. The summed E-state index contributed by atoms with van der Waals surface area (Å²) in [6.07, 6.45) is 6.67. The van der Waals surface area contributed by atoms with E-state index in [-0.39, 0.29) is 11.5 Å². The summed E-state index contributed by atoms with van der Waals surface area (Å²) in [6, 6.07) is 5.80. The highest BCUT2D eigenvalue weighted by Gasteiger charge is 2.34. The average Bonchev–Trinajstić information content (AvgIpc) is 3.54. The fraction of sp³-hybridized carbons (Fsp3) is 0.583. The second-order valence-corrected chi connectivity index (χ2v) is 10.4. The third-order valence-corrected chi connectivity index (χ3v) is 6.78. The molecule has 2 saturated heterocycles. The van der Waals surface area contributed by atoms with Gasteiger partial charge in [-0.15, -0.1) is 5.10 Å². The van der Waals surface area contributed by atoms with E-state index < -0.39 is 0 Å². The highest BCUT2D eigenvalue weighted by molar-refractivity contribution is 5.87. The number of rotatable bonds is 6. The van der Waals surface area contributed by atoms with Gasteiger partial charge in [0.05, 0.1) is 6.04 Å². The number of carbonyl (C=O) groups excluding carboxylic acids is 1. The molecule has 3 aromatic heterocycles. The third-order valence-electron chi connectivity index (χ3n) is 6.78. The molecule has 2 atom stereocenters. The van der Waals surface area contributed by atoms with E-state index in [4.69, 9.17) is 10.1 Å². The molecule has 0 spiro atoms. The zero-order chi connectivity index (χ0) is 23.0. The Hall–Kier alpha value is -2.94. The van der Waals surface area contributed by atoms with Crippen molar-refractivity contribution in [2.75, 3.05) is 29.9 Å². The Kier molecular flexibility index (Phi) is 5.82. The fourth-order valence-corrected chi connectivity index (χ4v) is 4.89. The first-order chi connectivity index (χ1) is 15.9. The van der Waals surface area contributed by atoms with E-state index in [2.05, 4.69) is 46.5 Å². The molecule has 176 valence electrons. The number of anilines is 3. The van der Waals surface area contributed by atoms with Gasteiger partial charge in [-0.25, -0.2) is 4.52 Å². The van der Waals surface area contributed by atoms with E-state index >= 15 is 0 Å². The van der Waals surface area contributed by atoms with Gasteiger partial charge in [0.1, 0.15) is 5.52 Å². The molecule has 2 aliphatic heterocycles. The predicted octanol–water partition coefficient (Wildman–Crippen LogP) is 3.42. The van der Waals surface area contributed by atoms with E-state index in [1.807, 2.05) is 28.9 Å². The molecule has 0 radical (unpaired) electrons. The number of aromatic nitrogens is 5. The van der Waals surface area contributed by atoms with Crippen LogP contribution < -0.4 is 15.5 Å². The van der Waals surface area contributed by atoms with E-state index in [0.29, 0.717) is 35.7 Å². The molecule has 9 nitrogen and oxygen atoms in total. The summed E-state index contributed by atoms with van der Waals surface area (Å²) < 4.78 is 1.83. The topological polar surface area (TPSA) is 103 Å². The van der Waals surface area contributed by atoms with Gasteiger partial charge in [-0.3, -0.25) is 9.89 Å². The molecule has 0 saturated carbocycles. The third kappa shape index (κ3) is 4.59. The normalized spacial score (nSPS) is 21.6. The van der Waals surface area contributed by atoms with Crippen molar-refractivity contribution in [2.24, 2.45) is 5.92 Å². The van der Waals surface area contributed by atoms with Gasteiger partial charge >= 0.3 is 0 Å². The number of nitrogens with one attached hydrogen (secondary N) is 3. The summed E-state index contributed by atoms with van der Waals surface area (Å²) in [4.78, 5) is 20.2. The van der Waals surface area contributed by atoms with Crippen LogP contribution in [-0.2, 0) is 10.2 Å². The van der Waals surface area contributed by atoms with Crippen molar-refractivity contribution in [3.8, 4) is 0 Å². The summed E-state index contributed by atoms with van der Waals surface area (Å²) in [5.74, 6) is 2.74. The number of nitrogens with zero attached hydrogens (tertiary/aromatic N) is 5. The molecular weight excluding hydrogens is 416 g/mol. The van der Waals surface area contributed by atoms with Crippen LogP contribution in [-0.4, -0.2) is 56.3 Å². The van der Waals surface area contributed by atoms with Crippen molar-refractivity contribution >= 4 is 28.9 Å². The highest BCUT2D eigenvalue weighted by atomic mass is 16.1. The lowest BCUT2D eigenvalue weighted by Gasteiger charge is -2.27. The first-order valence-corrected chi connectivity index (χ1v) is 12.1. The van der Waals surface area contributed by atoms with Crippen molar-refractivity contribution < 1.29 is 4.79 Å². The van der Waals surface area contributed by atoms with Gasteiger partial charge in [0.25, 0.3) is 0 Å². The lowest BCUT2D eigenvalue weighted by Crippen LogP contribution is -2.40. The second-order valence-electron chi connectivity index (χ2n) is 10.4. The molecule has 5 rings (SSSR count). The maximum atomic E-state index is 13.2. The van der Waals surface area contributed by atoms with Crippen LogP contribution in [0.2, 0.25) is 0 Å². The number of ketones is 1. The summed E-state index contributed by atoms with van der Waals surface area (Å²) in [6.45, 7) is 9.24. The summed E-state index contributed by atoms with van der Waals surface area (Å²) in [7, 11) is 0. The number of piperidine rings is 1. The van der Waals surface area contributed by atoms with Gasteiger partial charge in [0.2, 0.25) is 5.95 Å². The molecule has 5 heterocycles. The largest absolute Gasteiger partial charge is 0.329 e. The maximum absolute atomic E-state index is 13.2. The summed E-state index contributed by atoms with van der Waals surface area (Å²) in [5, 5.41) is 19.1. The summed E-state index contributed by atoms with van der Waals surface area (Å²) in [5.41, 5.74) is 1.90. The van der Waals surface area contributed by atoms with Crippen molar-refractivity contribution in [3.05, 3.63) is 30.1 Å². The van der Waals surface area contributed by atoms with Gasteiger partial charge in [-0.05, 0) is 56.8 Å². The van der Waals surface area contributed by atoms with Gasteiger partial charge in [-0.2, -0.15) is 10.1 Å². The number of aromatic amines is 1. The SMILES string of the molecule is CC(C)(C)c1cc(Nc2nc(N3CCC[C@H]3C(=O)C[C@@H]3CCCNC3)nn3cccc23)n[nH]1. The molecule has 3 N–H and O–H groups in total. The van der Waals surface area contributed by atoms with Crippen LogP contribution in [0.5, 0.6) is 0 Å². The monoisotopic (exact) mass is 450 g/mol. The van der Waals surface area contributed by atoms with Gasteiger partial charge < -0.3 is 15.5 Å². The first kappa shape index (κ1) is 21.9. The number of fused-ring (bicyclic) bond motifs is 1. The first-order valence-electron chi connectivity index (χ1n) is 12.1. The maximum Gasteiger partial charge on any atom is 0.246 e. The van der Waals surface area contributed by atoms with E-state index in [0.717, 1.165) is 56.5 Å². The lowest BCUT2D eigenvalue weighted by atomic mass is 9.91. The van der Waals surface area contributed by atoms with Crippen LogP contribution in [0.3, 0.4) is 0 Å². The van der Waals surface area contributed by atoms with E-state index in [1.54, 1.807) is 0 Å². The molecular formula is C24H34N8O. The van der Waals surface area contributed by atoms with Gasteiger partial charge in [-0.1, -0.05) is 20.8 Å². The molecule has 2 aliphatic rings. The molecule has 3 aromatic rings. The number of carbonyl (C=O) groups is 1. The Morgan fingerprint density at radius 1 is 1.27 bits per heavy atom. The molecule has 0 aliphatic carbocycles. The Balaban J connectivity index is 1.40. The lowest BCUT2D eigenvalue weighted by molar-refractivity contribution is -0.121. The van der Waals surface area contributed by atoms with Crippen molar-refractivity contribution in [1.29, 1.82) is 0 Å². The smallest absolute Gasteiger partial charge is 0.246 e. The minimum Gasteiger partial charge on any atom is -0.329 e. The Labute approximate surface area is 194 Å². The minimum atomic E-state index is -0.148. The molecule has 9 heteroatoms. The highest BCUT2D eigenvalue weighted by Crippen LogP contribution is 2.29. The van der Waals surface area contributed by atoms with Crippen molar-refractivity contribution in [2.45, 2.75) is 64.3 Å². The van der Waals surface area contributed by atoms with E-state index in [1.165, 1.54) is 0 Å². The Morgan fingerprint density at radius 3 is 2.91 bits per heavy atom. The molecule has 0 unspecified atom stereocenters. The van der Waals surface area contributed by atoms with Crippen LogP contribution >= 0.6 is 0 Å². The predicted molar refractivity (Wildman–Crippen MR) is 129 cm³/mol. The van der Waals surface area contributed by atoms with E-state index in [9.17, 15) is 4.79 Å². The molecule has 0 amide bonds. The zero-order valence-corrected chi connectivity index (χ0v) is 19.8. The zero-order valence-electron chi connectivity index (χ0n) is 19.8. The Bertz CT molecular complexity index is 1120. The standard InChI is InChI=1S/C24H34N8O/c1-24(2,3)20-14-21(29-28-20)26-22-18-9-6-12-32(18)30-23(27-22)31-11-5-8-17(31)19(33)13-16-7-4-10-25-15-16/h6,9,12,14,16-17,25H,4-5,7-8,10-11,13,15H2,1-3H3,(H2,26,27,28,29,30)/t16-,17-/m0/s1. The average molecular weight is 451 g/mol. The van der Waals surface area contributed by atoms with Crippen LogP contribution in [0.4, 0.5) is 17.6 Å². The van der Waals surface area contributed by atoms with Crippen molar-refractivity contribution in [1.82, 2.24) is 30.1 Å². The number of hydrogen-bond donors (Lipinski definition) is 3. The summed E-state index contributed by atoms with van der Waals surface area (Å²) >= 11 is 0. The number of hydrogen-bond acceptors (Lipinski definition) is 7. The molecule has 33 heavy (non-hydrogen) atoms. The molecule has 2 fully saturated rings. The van der Waals surface area contributed by atoms with Crippen LogP contribution in [0.15, 0.2) is 24.4 Å². The minimum absolute atomic E-state index is 0.0227. The second kappa shape index (κ2) is 8.78. The van der Waals surface area contributed by atoms with Gasteiger partial charge in [0, 0.05) is 36.3 Å². The van der Waals surface area contributed by atoms with Crippen LogP contribution in [0, 0.1) is 5.92 Å². The Morgan fingerprint density at radius 2 is 2.15 bits per heavy atom. The van der Waals surface area contributed by atoms with Crippen LogP contribution in [0.25, 0.3) is 5.52 Å². The quantitative estimate of drug-likeness (QED) is 0.529. The molecule has 0 aromatic carbocycles. The van der Waals surface area contributed by atoms with Gasteiger partial charge in [0.15, 0.2) is 17.4 Å².